The van der Waals surface area contributed by atoms with Gasteiger partial charge >= 0.3 is 0 Å². The fourth-order valence-corrected chi connectivity index (χ4v) is 3.33. The Balaban J connectivity index is 1.78. The molecular weight excluding hydrogens is 184 g/mol. The molecule has 2 aliphatic carbocycles. The molecule has 0 radical (unpaired) electrons. The average Bonchev–Trinajstić information content (AvgIpc) is 2.74. The van der Waals surface area contributed by atoms with Gasteiger partial charge in [0.25, 0.3) is 0 Å². The minimum Gasteiger partial charge on any atom is -0.327 e. The molecule has 0 amide bonds. The van der Waals surface area contributed by atoms with Crippen LogP contribution in [-0.4, -0.2) is 30.6 Å². The molecule has 88 valence electrons. The second kappa shape index (κ2) is 5.31. The standard InChI is InChI=1S/C13H26N2/c1-15(12-7-3-4-8-12)10-11-6-2-5-9-13(11)14/h11-13H,2-10,14H2,1H3. The maximum absolute atomic E-state index is 6.20. The van der Waals surface area contributed by atoms with Crippen molar-refractivity contribution in [2.45, 2.75) is 63.5 Å². The molecule has 2 nitrogen and oxygen atoms in total. The highest BCUT2D eigenvalue weighted by Gasteiger charge is 2.26. The van der Waals surface area contributed by atoms with Crippen molar-refractivity contribution in [3.05, 3.63) is 0 Å². The summed E-state index contributed by atoms with van der Waals surface area (Å²) < 4.78 is 0. The van der Waals surface area contributed by atoms with Gasteiger partial charge < -0.3 is 10.6 Å². The summed E-state index contributed by atoms with van der Waals surface area (Å²) in [4.78, 5) is 2.59. The van der Waals surface area contributed by atoms with E-state index >= 15 is 0 Å². The lowest BCUT2D eigenvalue weighted by atomic mass is 9.84. The predicted octanol–water partition coefficient (Wildman–Crippen LogP) is 2.38. The quantitative estimate of drug-likeness (QED) is 0.775. The molecule has 0 bridgehead atoms. The van der Waals surface area contributed by atoms with E-state index in [1.54, 1.807) is 0 Å². The minimum atomic E-state index is 0.475. The van der Waals surface area contributed by atoms with Crippen molar-refractivity contribution in [3.63, 3.8) is 0 Å². The van der Waals surface area contributed by atoms with Crippen LogP contribution in [0.5, 0.6) is 0 Å². The molecule has 2 aliphatic rings. The van der Waals surface area contributed by atoms with Crippen LogP contribution in [0.4, 0.5) is 0 Å². The van der Waals surface area contributed by atoms with Crippen molar-refractivity contribution >= 4 is 0 Å². The molecule has 2 N–H and O–H groups in total. The Hall–Kier alpha value is -0.0800. The van der Waals surface area contributed by atoms with Gasteiger partial charge in [-0.05, 0) is 38.6 Å². The molecule has 0 aromatic heterocycles. The highest BCUT2D eigenvalue weighted by molar-refractivity contribution is 4.83. The summed E-state index contributed by atoms with van der Waals surface area (Å²) in [7, 11) is 2.30. The Kier molecular flexibility index (Phi) is 4.04. The van der Waals surface area contributed by atoms with Crippen LogP contribution in [0.1, 0.15) is 51.4 Å². The van der Waals surface area contributed by atoms with Crippen molar-refractivity contribution in [1.29, 1.82) is 0 Å². The number of hydrogen-bond donors (Lipinski definition) is 1. The second-order valence-electron chi connectivity index (χ2n) is 5.59. The van der Waals surface area contributed by atoms with E-state index in [9.17, 15) is 0 Å². The Bertz CT molecular complexity index is 187. The van der Waals surface area contributed by atoms with Crippen LogP contribution >= 0.6 is 0 Å². The maximum Gasteiger partial charge on any atom is 0.00923 e. The van der Waals surface area contributed by atoms with Gasteiger partial charge in [-0.15, -0.1) is 0 Å². The molecular formula is C13H26N2. The molecule has 0 aromatic carbocycles. The van der Waals surface area contributed by atoms with E-state index in [1.807, 2.05) is 0 Å². The zero-order chi connectivity index (χ0) is 10.7. The van der Waals surface area contributed by atoms with Crippen LogP contribution in [0.2, 0.25) is 0 Å². The van der Waals surface area contributed by atoms with E-state index in [2.05, 4.69) is 11.9 Å². The smallest absolute Gasteiger partial charge is 0.00923 e. The summed E-state index contributed by atoms with van der Waals surface area (Å²) in [6.07, 6.45) is 11.1. The topological polar surface area (TPSA) is 29.3 Å². The zero-order valence-corrected chi connectivity index (χ0v) is 10.1. The van der Waals surface area contributed by atoms with Gasteiger partial charge in [-0.1, -0.05) is 25.7 Å². The third-order valence-corrected chi connectivity index (χ3v) is 4.44. The van der Waals surface area contributed by atoms with Crippen LogP contribution in [0.25, 0.3) is 0 Å². The third-order valence-electron chi connectivity index (χ3n) is 4.44. The van der Waals surface area contributed by atoms with Crippen molar-refractivity contribution in [2.24, 2.45) is 11.7 Å². The molecule has 0 aromatic rings. The van der Waals surface area contributed by atoms with Gasteiger partial charge in [0.05, 0.1) is 0 Å². The monoisotopic (exact) mass is 210 g/mol. The van der Waals surface area contributed by atoms with Gasteiger partial charge in [0.1, 0.15) is 0 Å². The molecule has 0 heterocycles. The summed E-state index contributed by atoms with van der Waals surface area (Å²) in [6.45, 7) is 1.24. The van der Waals surface area contributed by atoms with E-state index in [0.29, 0.717) is 6.04 Å². The summed E-state index contributed by atoms with van der Waals surface area (Å²) in [5.74, 6) is 0.768. The van der Waals surface area contributed by atoms with E-state index < -0.39 is 0 Å². The Morgan fingerprint density at radius 2 is 1.60 bits per heavy atom. The molecule has 2 fully saturated rings. The van der Waals surface area contributed by atoms with Crippen LogP contribution in [0, 0.1) is 5.92 Å². The fraction of sp³-hybridized carbons (Fsp3) is 1.00. The van der Waals surface area contributed by atoms with Crippen LogP contribution in [0.3, 0.4) is 0 Å². The summed E-state index contributed by atoms with van der Waals surface area (Å²) in [5.41, 5.74) is 6.20. The van der Waals surface area contributed by atoms with Crippen molar-refractivity contribution in [3.8, 4) is 0 Å². The van der Waals surface area contributed by atoms with Gasteiger partial charge in [-0.25, -0.2) is 0 Å². The highest BCUT2D eigenvalue weighted by Crippen LogP contribution is 2.27. The number of rotatable bonds is 3. The lowest BCUT2D eigenvalue weighted by Crippen LogP contribution is -2.42. The van der Waals surface area contributed by atoms with Gasteiger partial charge in [0, 0.05) is 18.6 Å². The first-order valence-corrected chi connectivity index (χ1v) is 6.73. The summed E-state index contributed by atoms with van der Waals surface area (Å²) in [6, 6.07) is 1.33. The van der Waals surface area contributed by atoms with Crippen LogP contribution < -0.4 is 5.73 Å². The van der Waals surface area contributed by atoms with E-state index in [1.165, 1.54) is 57.9 Å². The van der Waals surface area contributed by atoms with Gasteiger partial charge in [-0.2, -0.15) is 0 Å². The fourth-order valence-electron chi connectivity index (χ4n) is 3.33. The first-order chi connectivity index (χ1) is 7.27. The van der Waals surface area contributed by atoms with Crippen molar-refractivity contribution in [2.75, 3.05) is 13.6 Å². The van der Waals surface area contributed by atoms with E-state index in [0.717, 1.165) is 12.0 Å². The van der Waals surface area contributed by atoms with Crippen molar-refractivity contribution < 1.29 is 0 Å². The SMILES string of the molecule is CN(CC1CCCCC1N)C1CCCC1. The number of nitrogens with zero attached hydrogens (tertiary/aromatic N) is 1. The molecule has 2 rings (SSSR count). The third kappa shape index (κ3) is 2.94. The highest BCUT2D eigenvalue weighted by atomic mass is 15.1. The van der Waals surface area contributed by atoms with E-state index in [4.69, 9.17) is 5.73 Å². The normalized spacial score (nSPS) is 33.8. The van der Waals surface area contributed by atoms with Gasteiger partial charge in [0.15, 0.2) is 0 Å². The molecule has 0 aliphatic heterocycles. The van der Waals surface area contributed by atoms with Crippen molar-refractivity contribution in [1.82, 2.24) is 4.90 Å². The van der Waals surface area contributed by atoms with Gasteiger partial charge in [-0.3, -0.25) is 0 Å². The number of nitrogens with two attached hydrogens (primary N) is 1. The molecule has 2 unspecified atom stereocenters. The summed E-state index contributed by atoms with van der Waals surface area (Å²) in [5, 5.41) is 0. The predicted molar refractivity (Wildman–Crippen MR) is 64.8 cm³/mol. The Labute approximate surface area is 94.2 Å². The molecule has 2 saturated carbocycles. The van der Waals surface area contributed by atoms with E-state index in [-0.39, 0.29) is 0 Å². The first-order valence-electron chi connectivity index (χ1n) is 6.73. The molecule has 2 heteroatoms. The lowest BCUT2D eigenvalue weighted by Gasteiger charge is -2.34. The maximum atomic E-state index is 6.20. The molecule has 0 saturated heterocycles. The van der Waals surface area contributed by atoms with Crippen LogP contribution in [-0.2, 0) is 0 Å². The molecule has 2 atom stereocenters. The summed E-state index contributed by atoms with van der Waals surface area (Å²) >= 11 is 0. The first kappa shape index (κ1) is 11.4. The molecule has 0 spiro atoms. The van der Waals surface area contributed by atoms with Gasteiger partial charge in [0.2, 0.25) is 0 Å². The molecule has 15 heavy (non-hydrogen) atoms. The Morgan fingerprint density at radius 3 is 2.27 bits per heavy atom. The zero-order valence-electron chi connectivity index (χ0n) is 10.1. The van der Waals surface area contributed by atoms with Crippen LogP contribution in [0.15, 0.2) is 0 Å². The second-order valence-corrected chi connectivity index (χ2v) is 5.59. The Morgan fingerprint density at radius 1 is 1.00 bits per heavy atom. The lowest BCUT2D eigenvalue weighted by molar-refractivity contribution is 0.169. The number of hydrogen-bond acceptors (Lipinski definition) is 2. The minimum absolute atomic E-state index is 0.475. The average molecular weight is 210 g/mol. The largest absolute Gasteiger partial charge is 0.327 e.